The molecule has 0 saturated carbocycles. The normalized spacial score (nSPS) is 19.8. The Hall–Kier alpha value is -1.03. The summed E-state index contributed by atoms with van der Waals surface area (Å²) in [6.45, 7) is 1.71. The average molecular weight is 312 g/mol. The molecule has 4 heteroatoms. The molecule has 1 amide bonds. The molecule has 98 valence electrons. The number of amides is 1. The van der Waals surface area contributed by atoms with Crippen molar-refractivity contribution in [3.05, 3.63) is 29.8 Å². The van der Waals surface area contributed by atoms with Crippen LogP contribution in [0.3, 0.4) is 0 Å². The highest BCUT2D eigenvalue weighted by Gasteiger charge is 2.22. The maximum Gasteiger partial charge on any atom is 0.227 e. The molecule has 0 bridgehead atoms. The van der Waals surface area contributed by atoms with Crippen molar-refractivity contribution in [1.29, 1.82) is 0 Å². The van der Waals surface area contributed by atoms with Gasteiger partial charge in [0.15, 0.2) is 0 Å². The minimum Gasteiger partial charge on any atom is -0.508 e. The lowest BCUT2D eigenvalue weighted by molar-refractivity contribution is -0.132. The first-order valence-electron chi connectivity index (χ1n) is 6.30. The van der Waals surface area contributed by atoms with Gasteiger partial charge in [-0.2, -0.15) is 0 Å². The largest absolute Gasteiger partial charge is 0.508 e. The molecule has 1 saturated heterocycles. The van der Waals surface area contributed by atoms with E-state index in [2.05, 4.69) is 15.9 Å². The standard InChI is InChI=1S/C14H18BrNO2/c15-9-12-4-2-6-16(10-12)14(18)8-11-3-1-5-13(17)7-11/h1,3,5,7,12,17H,2,4,6,8-10H2. The summed E-state index contributed by atoms with van der Waals surface area (Å²) in [6.07, 6.45) is 2.66. The fraction of sp³-hybridized carbons (Fsp3) is 0.500. The number of phenols is 1. The summed E-state index contributed by atoms with van der Waals surface area (Å²) in [5, 5.41) is 10.3. The van der Waals surface area contributed by atoms with Crippen LogP contribution in [0.2, 0.25) is 0 Å². The molecular weight excluding hydrogens is 294 g/mol. The molecule has 2 rings (SSSR count). The average Bonchev–Trinajstić information content (AvgIpc) is 2.39. The van der Waals surface area contributed by atoms with Crippen LogP contribution in [0.15, 0.2) is 24.3 Å². The van der Waals surface area contributed by atoms with Crippen molar-refractivity contribution in [1.82, 2.24) is 4.90 Å². The highest BCUT2D eigenvalue weighted by Crippen LogP contribution is 2.19. The molecule has 18 heavy (non-hydrogen) atoms. The van der Waals surface area contributed by atoms with E-state index in [1.165, 1.54) is 6.42 Å². The SMILES string of the molecule is O=C(Cc1cccc(O)c1)N1CCCC(CBr)C1. The molecule has 1 aliphatic heterocycles. The molecule has 1 N–H and O–H groups in total. The van der Waals surface area contributed by atoms with Crippen molar-refractivity contribution in [2.75, 3.05) is 18.4 Å². The Balaban J connectivity index is 1.95. The number of nitrogens with zero attached hydrogens (tertiary/aromatic N) is 1. The number of hydrogen-bond acceptors (Lipinski definition) is 2. The van der Waals surface area contributed by atoms with Gasteiger partial charge in [-0.1, -0.05) is 28.1 Å². The van der Waals surface area contributed by atoms with Crippen molar-refractivity contribution in [2.24, 2.45) is 5.92 Å². The highest BCUT2D eigenvalue weighted by atomic mass is 79.9. The Kier molecular flexibility index (Phi) is 4.64. The molecule has 1 aromatic carbocycles. The third kappa shape index (κ3) is 3.48. The number of benzene rings is 1. The van der Waals surface area contributed by atoms with Crippen LogP contribution >= 0.6 is 15.9 Å². The van der Waals surface area contributed by atoms with Crippen LogP contribution in [-0.2, 0) is 11.2 Å². The van der Waals surface area contributed by atoms with Gasteiger partial charge in [-0.15, -0.1) is 0 Å². The van der Waals surface area contributed by atoms with E-state index in [-0.39, 0.29) is 11.7 Å². The van der Waals surface area contributed by atoms with Crippen LogP contribution < -0.4 is 0 Å². The van der Waals surface area contributed by atoms with Crippen molar-refractivity contribution in [3.8, 4) is 5.75 Å². The van der Waals surface area contributed by atoms with E-state index >= 15 is 0 Å². The van der Waals surface area contributed by atoms with Gasteiger partial charge in [0.05, 0.1) is 6.42 Å². The summed E-state index contributed by atoms with van der Waals surface area (Å²) in [6, 6.07) is 6.93. The number of phenolic OH excluding ortho intramolecular Hbond substituents is 1. The molecule has 0 spiro atoms. The van der Waals surface area contributed by atoms with Gasteiger partial charge in [-0.25, -0.2) is 0 Å². The molecule has 1 heterocycles. The van der Waals surface area contributed by atoms with E-state index in [1.807, 2.05) is 11.0 Å². The topological polar surface area (TPSA) is 40.5 Å². The van der Waals surface area contributed by atoms with Crippen molar-refractivity contribution >= 4 is 21.8 Å². The maximum atomic E-state index is 12.2. The summed E-state index contributed by atoms with van der Waals surface area (Å²) >= 11 is 3.49. The van der Waals surface area contributed by atoms with E-state index in [1.54, 1.807) is 18.2 Å². The summed E-state index contributed by atoms with van der Waals surface area (Å²) in [7, 11) is 0. The smallest absolute Gasteiger partial charge is 0.227 e. The number of likely N-dealkylation sites (tertiary alicyclic amines) is 1. The minimum absolute atomic E-state index is 0.159. The van der Waals surface area contributed by atoms with Gasteiger partial charge in [0.25, 0.3) is 0 Å². The Morgan fingerprint density at radius 2 is 2.33 bits per heavy atom. The number of halogens is 1. The first-order valence-corrected chi connectivity index (χ1v) is 7.43. The van der Waals surface area contributed by atoms with Gasteiger partial charge in [-0.05, 0) is 36.5 Å². The van der Waals surface area contributed by atoms with Crippen LogP contribution in [0.4, 0.5) is 0 Å². The van der Waals surface area contributed by atoms with E-state index in [0.29, 0.717) is 12.3 Å². The van der Waals surface area contributed by atoms with Gasteiger partial charge < -0.3 is 10.0 Å². The van der Waals surface area contributed by atoms with Crippen molar-refractivity contribution < 1.29 is 9.90 Å². The molecule has 0 radical (unpaired) electrons. The number of aromatic hydroxyl groups is 1. The first kappa shape index (κ1) is 13.4. The lowest BCUT2D eigenvalue weighted by Crippen LogP contribution is -2.41. The molecule has 1 atom stereocenters. The Bertz CT molecular complexity index is 422. The molecular formula is C14H18BrNO2. The summed E-state index contributed by atoms with van der Waals surface area (Å²) in [4.78, 5) is 14.1. The summed E-state index contributed by atoms with van der Waals surface area (Å²) in [5.74, 6) is 0.954. The number of alkyl halides is 1. The van der Waals surface area contributed by atoms with E-state index in [4.69, 9.17) is 0 Å². The fourth-order valence-electron chi connectivity index (χ4n) is 2.37. The van der Waals surface area contributed by atoms with Crippen molar-refractivity contribution in [2.45, 2.75) is 19.3 Å². The Morgan fingerprint density at radius 3 is 3.06 bits per heavy atom. The third-order valence-electron chi connectivity index (χ3n) is 3.36. The highest BCUT2D eigenvalue weighted by molar-refractivity contribution is 9.09. The summed E-state index contributed by atoms with van der Waals surface area (Å²) in [5.41, 5.74) is 0.876. The van der Waals surface area contributed by atoms with Crippen LogP contribution in [0, 0.1) is 5.92 Å². The van der Waals surface area contributed by atoms with E-state index in [0.717, 1.165) is 30.4 Å². The predicted octanol–water partition coefficient (Wildman–Crippen LogP) is 2.57. The van der Waals surface area contributed by atoms with Gasteiger partial charge in [0.1, 0.15) is 5.75 Å². The van der Waals surface area contributed by atoms with Crippen LogP contribution in [0.1, 0.15) is 18.4 Å². The zero-order chi connectivity index (χ0) is 13.0. The van der Waals surface area contributed by atoms with Crippen LogP contribution in [0.25, 0.3) is 0 Å². The monoisotopic (exact) mass is 311 g/mol. The van der Waals surface area contributed by atoms with Crippen LogP contribution in [0.5, 0.6) is 5.75 Å². The third-order valence-corrected chi connectivity index (χ3v) is 4.27. The lowest BCUT2D eigenvalue weighted by atomic mass is 9.99. The van der Waals surface area contributed by atoms with Gasteiger partial charge in [0.2, 0.25) is 5.91 Å². The second-order valence-corrected chi connectivity index (χ2v) is 5.50. The second-order valence-electron chi connectivity index (χ2n) is 4.85. The van der Waals surface area contributed by atoms with Crippen LogP contribution in [-0.4, -0.2) is 34.3 Å². The molecule has 1 aliphatic rings. The minimum atomic E-state index is 0.159. The molecule has 1 unspecified atom stereocenters. The van der Waals surface area contributed by atoms with Gasteiger partial charge in [-0.3, -0.25) is 4.79 Å². The summed E-state index contributed by atoms with van der Waals surface area (Å²) < 4.78 is 0. The Labute approximate surface area is 116 Å². The quantitative estimate of drug-likeness (QED) is 0.872. The van der Waals surface area contributed by atoms with E-state index < -0.39 is 0 Å². The Morgan fingerprint density at radius 1 is 1.50 bits per heavy atom. The molecule has 3 nitrogen and oxygen atoms in total. The lowest BCUT2D eigenvalue weighted by Gasteiger charge is -2.32. The van der Waals surface area contributed by atoms with Gasteiger partial charge in [0, 0.05) is 18.4 Å². The van der Waals surface area contributed by atoms with Crippen molar-refractivity contribution in [3.63, 3.8) is 0 Å². The molecule has 0 aromatic heterocycles. The van der Waals surface area contributed by atoms with E-state index in [9.17, 15) is 9.90 Å². The number of piperidine rings is 1. The zero-order valence-electron chi connectivity index (χ0n) is 10.3. The zero-order valence-corrected chi connectivity index (χ0v) is 11.9. The molecule has 1 aromatic rings. The van der Waals surface area contributed by atoms with Gasteiger partial charge >= 0.3 is 0 Å². The second kappa shape index (κ2) is 6.23. The number of hydrogen-bond donors (Lipinski definition) is 1. The predicted molar refractivity (Wildman–Crippen MR) is 74.9 cm³/mol. The first-order chi connectivity index (χ1) is 8.69. The number of carbonyl (C=O) groups is 1. The number of rotatable bonds is 3. The molecule has 1 fully saturated rings. The fourth-order valence-corrected chi connectivity index (χ4v) is 2.90. The molecule has 0 aliphatic carbocycles. The number of carbonyl (C=O) groups excluding carboxylic acids is 1. The maximum absolute atomic E-state index is 12.2.